The van der Waals surface area contributed by atoms with Crippen LogP contribution in [0.4, 0.5) is 4.79 Å². The lowest BCUT2D eigenvalue weighted by atomic mass is 9.92. The van der Waals surface area contributed by atoms with Crippen molar-refractivity contribution in [1.82, 2.24) is 5.32 Å². The second-order valence-electron chi connectivity index (χ2n) is 5.79. The molecule has 0 aromatic carbocycles. The van der Waals surface area contributed by atoms with Crippen molar-refractivity contribution >= 4 is 11.9 Å². The largest absolute Gasteiger partial charge is 0.444 e. The highest BCUT2D eigenvalue weighted by molar-refractivity contribution is 5.91. The highest BCUT2D eigenvalue weighted by Gasteiger charge is 2.31. The number of hydrogen-bond donors (Lipinski definition) is 1. The van der Waals surface area contributed by atoms with Crippen LogP contribution < -0.4 is 5.32 Å². The first-order chi connectivity index (χ1) is 8.33. The Morgan fingerprint density at radius 3 is 2.61 bits per heavy atom. The Kier molecular flexibility index (Phi) is 4.93. The van der Waals surface area contributed by atoms with E-state index in [4.69, 9.17) is 4.74 Å². The molecule has 1 fully saturated rings. The van der Waals surface area contributed by atoms with E-state index < -0.39 is 11.7 Å². The molecule has 0 bridgehead atoms. The molecule has 1 amide bonds. The number of amides is 1. The molecule has 1 rings (SSSR count). The van der Waals surface area contributed by atoms with Gasteiger partial charge in [0.1, 0.15) is 5.60 Å². The van der Waals surface area contributed by atoms with Crippen LogP contribution in [0.15, 0.2) is 12.7 Å². The van der Waals surface area contributed by atoms with E-state index in [0.717, 1.165) is 19.3 Å². The van der Waals surface area contributed by atoms with Crippen molar-refractivity contribution in [2.45, 2.75) is 45.6 Å². The summed E-state index contributed by atoms with van der Waals surface area (Å²) in [4.78, 5) is 23.2. The van der Waals surface area contributed by atoms with E-state index in [0.29, 0.717) is 6.54 Å². The van der Waals surface area contributed by atoms with Crippen LogP contribution in [-0.2, 0) is 9.53 Å². The van der Waals surface area contributed by atoms with Gasteiger partial charge < -0.3 is 10.1 Å². The van der Waals surface area contributed by atoms with Crippen molar-refractivity contribution in [3.63, 3.8) is 0 Å². The van der Waals surface area contributed by atoms with Gasteiger partial charge in [-0.3, -0.25) is 4.79 Å². The Morgan fingerprint density at radius 1 is 1.39 bits per heavy atom. The van der Waals surface area contributed by atoms with Gasteiger partial charge in [0.2, 0.25) is 0 Å². The minimum atomic E-state index is -0.490. The number of ketones is 1. The molecule has 0 heterocycles. The minimum Gasteiger partial charge on any atom is -0.444 e. The molecule has 0 aromatic rings. The molecule has 0 saturated heterocycles. The van der Waals surface area contributed by atoms with Gasteiger partial charge in [-0.05, 0) is 45.6 Å². The Morgan fingerprint density at radius 2 is 2.06 bits per heavy atom. The summed E-state index contributed by atoms with van der Waals surface area (Å²) >= 11 is 0. The molecule has 1 aliphatic rings. The van der Waals surface area contributed by atoms with E-state index >= 15 is 0 Å². The molecule has 1 N–H and O–H groups in total. The summed E-state index contributed by atoms with van der Waals surface area (Å²) in [6.07, 6.45) is 3.87. The first-order valence-electron chi connectivity index (χ1n) is 6.46. The lowest BCUT2D eigenvalue weighted by Crippen LogP contribution is -2.36. The fraction of sp³-hybridized carbons (Fsp3) is 0.714. The number of allylic oxidation sites excluding steroid dienone is 1. The van der Waals surface area contributed by atoms with Gasteiger partial charge in [0.15, 0.2) is 5.78 Å². The molecule has 102 valence electrons. The lowest BCUT2D eigenvalue weighted by Gasteiger charge is -2.22. The van der Waals surface area contributed by atoms with Crippen molar-refractivity contribution in [2.24, 2.45) is 11.8 Å². The fourth-order valence-corrected chi connectivity index (χ4v) is 2.34. The molecule has 0 radical (unpaired) electrons. The van der Waals surface area contributed by atoms with Crippen LogP contribution in [0.25, 0.3) is 0 Å². The van der Waals surface area contributed by atoms with Crippen molar-refractivity contribution < 1.29 is 14.3 Å². The van der Waals surface area contributed by atoms with Gasteiger partial charge in [0.25, 0.3) is 0 Å². The SMILES string of the molecule is C=CC(=O)[C@H]1CCC[C@H]1CNC(=O)OC(C)(C)C. The zero-order valence-corrected chi connectivity index (χ0v) is 11.5. The Bertz CT molecular complexity index is 330. The molecular formula is C14H23NO3. The molecule has 0 aromatic heterocycles. The van der Waals surface area contributed by atoms with Gasteiger partial charge in [-0.25, -0.2) is 4.79 Å². The molecule has 0 aliphatic heterocycles. The summed E-state index contributed by atoms with van der Waals surface area (Å²) in [5.74, 6) is 0.309. The number of carbonyl (C=O) groups is 2. The van der Waals surface area contributed by atoms with E-state index in [9.17, 15) is 9.59 Å². The molecule has 18 heavy (non-hydrogen) atoms. The fourth-order valence-electron chi connectivity index (χ4n) is 2.34. The first kappa shape index (κ1) is 14.7. The molecule has 1 aliphatic carbocycles. The van der Waals surface area contributed by atoms with Crippen LogP contribution in [0, 0.1) is 11.8 Å². The minimum absolute atomic E-state index is 0.0115. The molecule has 0 spiro atoms. The van der Waals surface area contributed by atoms with Crippen molar-refractivity contribution in [3.8, 4) is 0 Å². The molecular weight excluding hydrogens is 230 g/mol. The highest BCUT2D eigenvalue weighted by Crippen LogP contribution is 2.32. The summed E-state index contributed by atoms with van der Waals surface area (Å²) in [5.41, 5.74) is -0.490. The standard InChI is InChI=1S/C14H23NO3/c1-5-12(16)11-8-6-7-10(11)9-15-13(17)18-14(2,3)4/h5,10-11H,1,6-9H2,2-4H3,(H,15,17)/t10-,11-/m0/s1. The predicted octanol–water partition coefficient (Wildman–Crippen LogP) is 2.68. The smallest absolute Gasteiger partial charge is 0.407 e. The van der Waals surface area contributed by atoms with E-state index in [-0.39, 0.29) is 17.6 Å². The average molecular weight is 253 g/mol. The monoisotopic (exact) mass is 253 g/mol. The van der Waals surface area contributed by atoms with E-state index in [1.807, 2.05) is 20.8 Å². The normalized spacial score (nSPS) is 23.5. The number of hydrogen-bond acceptors (Lipinski definition) is 3. The maximum absolute atomic E-state index is 11.6. The van der Waals surface area contributed by atoms with Gasteiger partial charge in [-0.15, -0.1) is 0 Å². The van der Waals surface area contributed by atoms with Gasteiger partial charge in [-0.2, -0.15) is 0 Å². The zero-order valence-electron chi connectivity index (χ0n) is 11.5. The van der Waals surface area contributed by atoms with Gasteiger partial charge >= 0.3 is 6.09 Å². The van der Waals surface area contributed by atoms with Gasteiger partial charge in [0.05, 0.1) is 0 Å². The van der Waals surface area contributed by atoms with Crippen molar-refractivity contribution in [1.29, 1.82) is 0 Å². The molecule has 4 nitrogen and oxygen atoms in total. The Balaban J connectivity index is 2.41. The van der Waals surface area contributed by atoms with Crippen LogP contribution in [0.2, 0.25) is 0 Å². The number of rotatable bonds is 4. The Hall–Kier alpha value is -1.32. The third-order valence-electron chi connectivity index (χ3n) is 3.13. The van der Waals surface area contributed by atoms with E-state index in [2.05, 4.69) is 11.9 Å². The topological polar surface area (TPSA) is 55.4 Å². The summed E-state index contributed by atoms with van der Waals surface area (Å²) in [6, 6.07) is 0. The highest BCUT2D eigenvalue weighted by atomic mass is 16.6. The quantitative estimate of drug-likeness (QED) is 0.784. The zero-order chi connectivity index (χ0) is 13.8. The van der Waals surface area contributed by atoms with Gasteiger partial charge in [-0.1, -0.05) is 13.0 Å². The number of alkyl carbamates (subject to hydrolysis) is 1. The van der Waals surface area contributed by atoms with Gasteiger partial charge in [0, 0.05) is 12.5 Å². The molecule has 2 atom stereocenters. The number of ether oxygens (including phenoxy) is 1. The van der Waals surface area contributed by atoms with E-state index in [1.54, 1.807) is 0 Å². The van der Waals surface area contributed by atoms with Crippen LogP contribution >= 0.6 is 0 Å². The van der Waals surface area contributed by atoms with Crippen molar-refractivity contribution in [3.05, 3.63) is 12.7 Å². The summed E-state index contributed by atoms with van der Waals surface area (Å²) in [5, 5.41) is 2.74. The molecule has 0 unspecified atom stereocenters. The van der Waals surface area contributed by atoms with Crippen LogP contribution in [0.1, 0.15) is 40.0 Å². The van der Waals surface area contributed by atoms with E-state index in [1.165, 1.54) is 6.08 Å². The number of nitrogens with one attached hydrogen (secondary N) is 1. The third kappa shape index (κ3) is 4.51. The summed E-state index contributed by atoms with van der Waals surface area (Å²) in [7, 11) is 0. The maximum atomic E-state index is 11.6. The third-order valence-corrected chi connectivity index (χ3v) is 3.13. The average Bonchev–Trinajstić information content (AvgIpc) is 2.71. The molecule has 1 saturated carbocycles. The summed E-state index contributed by atoms with van der Waals surface area (Å²) < 4.78 is 5.16. The summed E-state index contributed by atoms with van der Waals surface area (Å²) in [6.45, 7) is 9.50. The lowest BCUT2D eigenvalue weighted by molar-refractivity contribution is -0.119. The van der Waals surface area contributed by atoms with Crippen molar-refractivity contribution in [2.75, 3.05) is 6.54 Å². The second-order valence-corrected chi connectivity index (χ2v) is 5.79. The number of carbonyl (C=O) groups excluding carboxylic acids is 2. The Labute approximate surface area is 109 Å². The first-order valence-corrected chi connectivity index (χ1v) is 6.46. The molecule has 4 heteroatoms. The van der Waals surface area contributed by atoms with Crippen LogP contribution in [0.5, 0.6) is 0 Å². The maximum Gasteiger partial charge on any atom is 0.407 e. The van der Waals surface area contributed by atoms with Crippen LogP contribution in [0.3, 0.4) is 0 Å². The predicted molar refractivity (Wildman–Crippen MR) is 70.3 cm³/mol. The van der Waals surface area contributed by atoms with Crippen LogP contribution in [-0.4, -0.2) is 24.0 Å². The second kappa shape index (κ2) is 6.03.